The van der Waals surface area contributed by atoms with Crippen LogP contribution in [0.3, 0.4) is 0 Å². The quantitative estimate of drug-likeness (QED) is 0.0488. The van der Waals surface area contributed by atoms with E-state index in [1.807, 2.05) is 48.5 Å². The molecule has 0 fully saturated rings. The van der Waals surface area contributed by atoms with E-state index in [4.69, 9.17) is 28.4 Å². The topological polar surface area (TPSA) is 315 Å². The number of hydrogen-bond acceptors (Lipinski definition) is 21. The van der Waals surface area contributed by atoms with E-state index in [9.17, 15) is 72.2 Å². The molecule has 0 heterocycles. The Bertz CT molecular complexity index is 1670. The van der Waals surface area contributed by atoms with Crippen molar-refractivity contribution >= 4 is 82.1 Å². The first-order valence-corrected chi connectivity index (χ1v) is 22.4. The van der Waals surface area contributed by atoms with Gasteiger partial charge in [0.05, 0.1) is 30.5 Å². The fraction of sp³-hybridized carbons (Fsp3) is 0.714. The summed E-state index contributed by atoms with van der Waals surface area (Å²) in [5.41, 5.74) is -2.88. The summed E-state index contributed by atoms with van der Waals surface area (Å²) < 4.78 is 29.3. The Morgan fingerprint density at radius 3 is 0.743 bits per heavy atom. The summed E-state index contributed by atoms with van der Waals surface area (Å²) in [6.45, 7) is 22.5. The smallest absolute Gasteiger partial charge is 0.313 e. The van der Waals surface area contributed by atoms with Gasteiger partial charge in [0.2, 0.25) is 0 Å². The fourth-order valence-electron chi connectivity index (χ4n) is 4.06. The van der Waals surface area contributed by atoms with Gasteiger partial charge in [-0.25, -0.2) is 0 Å². The highest BCUT2D eigenvalue weighted by atomic mass is 16.6. The summed E-state index contributed by atoms with van der Waals surface area (Å²) in [6, 6.07) is 0. The lowest BCUT2D eigenvalue weighted by Gasteiger charge is -2.28. The van der Waals surface area contributed by atoms with Crippen LogP contribution in [-0.2, 0) is 95.5 Å². The highest BCUT2D eigenvalue weighted by Crippen LogP contribution is 2.23. The number of rotatable bonds is 28. The first-order chi connectivity index (χ1) is 31.8. The lowest BCUT2D eigenvalue weighted by Crippen LogP contribution is -2.37. The first-order valence-electron chi connectivity index (χ1n) is 22.4. The summed E-state index contributed by atoms with van der Waals surface area (Å²) in [4.78, 5) is 155. The maximum atomic E-state index is 11.5. The molecule has 21 heteroatoms. The van der Waals surface area contributed by atoms with Crippen molar-refractivity contribution < 1.29 is 101 Å². The summed E-state index contributed by atoms with van der Waals surface area (Å²) >= 11 is 0. The number of hydrogen-bond donors (Lipinski definition) is 1. The van der Waals surface area contributed by atoms with Crippen LogP contribution < -0.4 is 0 Å². The molecule has 0 bridgehead atoms. The second kappa shape index (κ2) is 36.1. The van der Waals surface area contributed by atoms with E-state index < -0.39 is 76.7 Å². The maximum Gasteiger partial charge on any atom is 0.313 e. The SMILES string of the molecule is CC(=O)CC(=O)OCC(C)(CO)COC(=O)CC(C)=O.CC(=O)CC(=O)OCC(C)(COC(=O)CC(C)=O)COC(=O)CC(C)=O.CC(C)(C)C(=O)CC(=O)C(C)(C)C.CCCCOC(=O)CC(C)=O. The van der Waals surface area contributed by atoms with Gasteiger partial charge in [-0.05, 0) is 54.9 Å². The Labute approximate surface area is 411 Å². The molecule has 21 nitrogen and oxygen atoms in total. The average Bonchev–Trinajstić information content (AvgIpc) is 3.19. The van der Waals surface area contributed by atoms with Crippen molar-refractivity contribution in [1.29, 1.82) is 0 Å². The zero-order chi connectivity index (χ0) is 55.6. The van der Waals surface area contributed by atoms with E-state index in [1.165, 1.54) is 48.5 Å². The predicted molar refractivity (Wildman–Crippen MR) is 249 cm³/mol. The van der Waals surface area contributed by atoms with Crippen LogP contribution in [-0.4, -0.2) is 133 Å². The van der Waals surface area contributed by atoms with Crippen LogP contribution in [0.25, 0.3) is 0 Å². The van der Waals surface area contributed by atoms with Crippen molar-refractivity contribution in [3.8, 4) is 0 Å². The molecule has 70 heavy (non-hydrogen) atoms. The summed E-state index contributed by atoms with van der Waals surface area (Å²) in [5.74, 6) is -6.01. The monoisotopic (exact) mass is 1000 g/mol. The second-order valence-electron chi connectivity index (χ2n) is 19.5. The van der Waals surface area contributed by atoms with Gasteiger partial charge in [0, 0.05) is 10.8 Å². The van der Waals surface area contributed by atoms with Crippen molar-refractivity contribution in [2.24, 2.45) is 21.7 Å². The van der Waals surface area contributed by atoms with Gasteiger partial charge >= 0.3 is 35.8 Å². The molecule has 0 aliphatic carbocycles. The van der Waals surface area contributed by atoms with E-state index in [0.29, 0.717) is 6.61 Å². The van der Waals surface area contributed by atoms with Gasteiger partial charge in [-0.1, -0.05) is 61.8 Å². The number of aliphatic hydroxyl groups excluding tert-OH is 1. The van der Waals surface area contributed by atoms with Gasteiger partial charge in [-0.2, -0.15) is 0 Å². The summed E-state index contributed by atoms with van der Waals surface area (Å²) in [7, 11) is 0. The Kier molecular flexibility index (Phi) is 36.5. The average molecular weight is 1000 g/mol. The van der Waals surface area contributed by atoms with Crippen LogP contribution in [0.5, 0.6) is 0 Å². The van der Waals surface area contributed by atoms with Crippen molar-refractivity contribution in [2.45, 2.75) is 162 Å². The largest absolute Gasteiger partial charge is 0.465 e. The number of ketones is 8. The van der Waals surface area contributed by atoms with Crippen LogP contribution in [0.15, 0.2) is 0 Å². The van der Waals surface area contributed by atoms with Crippen LogP contribution in [0, 0.1) is 21.7 Å². The maximum absolute atomic E-state index is 11.5. The van der Waals surface area contributed by atoms with Gasteiger partial charge in [0.25, 0.3) is 0 Å². The number of ether oxygens (including phenoxy) is 6. The van der Waals surface area contributed by atoms with E-state index in [0.717, 1.165) is 12.8 Å². The van der Waals surface area contributed by atoms with Crippen LogP contribution in [0.1, 0.15) is 162 Å². The number of esters is 6. The Balaban J connectivity index is -0.000000438. The van der Waals surface area contributed by atoms with Crippen molar-refractivity contribution in [3.63, 3.8) is 0 Å². The molecule has 0 radical (unpaired) electrons. The minimum atomic E-state index is -1.11. The highest BCUT2D eigenvalue weighted by Gasteiger charge is 2.32. The molecule has 0 amide bonds. The van der Waals surface area contributed by atoms with E-state index in [-0.39, 0.29) is 112 Å². The zero-order valence-electron chi connectivity index (χ0n) is 43.9. The molecule has 0 aliphatic rings. The second-order valence-corrected chi connectivity index (χ2v) is 19.5. The molecule has 400 valence electrons. The lowest BCUT2D eigenvalue weighted by atomic mass is 9.82. The molecule has 0 aliphatic heterocycles. The standard InChI is InChI=1S/C17H24O9.C13H20O7.C11H20O2.C8H14O3/c1-11(18)5-14(21)24-8-17(4,9-25-15(22)6-12(2)19)10-26-16(23)7-13(3)20;1-9(15)4-11(17)19-7-13(3,6-14)8-20-12(18)5-10(2)16;1-10(2,3)8(12)7-9(13)11(4,5)6;1-3-4-5-11-8(10)6-7(2)9/h5-10H2,1-4H3;14H,4-8H2,1-3H3;7H2,1-6H3;3-6H2,1-2H3. The third kappa shape index (κ3) is 44.6. The number of unbranched alkanes of at least 4 members (excludes halogenated alkanes) is 1. The van der Waals surface area contributed by atoms with Crippen molar-refractivity contribution in [1.82, 2.24) is 0 Å². The Morgan fingerprint density at radius 1 is 0.343 bits per heavy atom. The van der Waals surface area contributed by atoms with Gasteiger partial charge < -0.3 is 33.5 Å². The molecule has 0 atom stereocenters. The minimum Gasteiger partial charge on any atom is -0.465 e. The normalized spacial score (nSPS) is 10.9. The van der Waals surface area contributed by atoms with Crippen molar-refractivity contribution in [3.05, 3.63) is 0 Å². The van der Waals surface area contributed by atoms with Gasteiger partial charge in [-0.3, -0.25) is 67.1 Å². The number of aliphatic hydroxyl groups is 1. The van der Waals surface area contributed by atoms with Gasteiger partial charge in [0.1, 0.15) is 118 Å². The molecular formula is C49H78O21. The Morgan fingerprint density at radius 2 is 0.557 bits per heavy atom. The lowest BCUT2D eigenvalue weighted by molar-refractivity contribution is -0.162. The van der Waals surface area contributed by atoms with E-state index >= 15 is 0 Å². The molecule has 0 unspecified atom stereocenters. The van der Waals surface area contributed by atoms with Crippen LogP contribution in [0.2, 0.25) is 0 Å². The third-order valence-electron chi connectivity index (χ3n) is 8.40. The predicted octanol–water partition coefficient (Wildman–Crippen LogP) is 4.50. The molecule has 0 spiro atoms. The van der Waals surface area contributed by atoms with Crippen molar-refractivity contribution in [2.75, 3.05) is 46.2 Å². The molecule has 0 saturated carbocycles. The van der Waals surface area contributed by atoms with Crippen LogP contribution in [0.4, 0.5) is 0 Å². The minimum absolute atomic E-state index is 0.0208. The first kappa shape index (κ1) is 70.7. The molecule has 0 aromatic carbocycles. The van der Waals surface area contributed by atoms with E-state index in [2.05, 4.69) is 0 Å². The Hall–Kier alpha value is -5.86. The molecule has 0 aromatic heterocycles. The number of carbonyl (C=O) groups excluding carboxylic acids is 14. The van der Waals surface area contributed by atoms with Gasteiger partial charge in [-0.15, -0.1) is 0 Å². The molecule has 0 saturated heterocycles. The van der Waals surface area contributed by atoms with Gasteiger partial charge in [0.15, 0.2) is 0 Å². The summed E-state index contributed by atoms with van der Waals surface area (Å²) in [5, 5.41) is 9.26. The van der Waals surface area contributed by atoms with E-state index in [1.54, 1.807) is 6.92 Å². The third-order valence-corrected chi connectivity index (χ3v) is 8.40. The molecule has 0 aromatic rings. The zero-order valence-corrected chi connectivity index (χ0v) is 43.9. The van der Waals surface area contributed by atoms with Crippen LogP contribution >= 0.6 is 0 Å². The summed E-state index contributed by atoms with van der Waals surface area (Å²) in [6.07, 6.45) is -0.0933. The molecule has 1 N–H and O–H groups in total. The molecule has 0 rings (SSSR count). The highest BCUT2D eigenvalue weighted by molar-refractivity contribution is 6.03. The number of carbonyl (C=O) groups is 14. The number of Topliss-reactive ketones (excluding diaryl/α,β-unsaturated/α-hetero) is 8. The molecular weight excluding hydrogens is 925 g/mol. The fourth-order valence-corrected chi connectivity index (χ4v) is 4.06.